The Morgan fingerprint density at radius 2 is 1.75 bits per heavy atom. The van der Waals surface area contributed by atoms with Crippen LogP contribution < -0.4 is 0 Å². The third-order valence-corrected chi connectivity index (χ3v) is 2.90. The monoisotopic (exact) mass is 266 g/mol. The third kappa shape index (κ3) is 2.26. The predicted octanol–water partition coefficient (Wildman–Crippen LogP) is 4.10. The average molecular weight is 266 g/mol. The summed E-state index contributed by atoms with van der Waals surface area (Å²) in [6.07, 6.45) is 1.82. The minimum atomic E-state index is -0.444. The van der Waals surface area contributed by atoms with Gasteiger partial charge in [-0.3, -0.25) is 10.1 Å². The van der Waals surface area contributed by atoms with Gasteiger partial charge in [-0.2, -0.15) is 0 Å². The van der Waals surface area contributed by atoms with Gasteiger partial charge < -0.3 is 0 Å². The fraction of sp³-hybridized carbons (Fsp3) is 0. The molecule has 0 saturated heterocycles. The number of nitro groups is 1. The molecule has 1 heterocycles. The molecule has 0 saturated carbocycles. The van der Waals surface area contributed by atoms with Gasteiger partial charge in [0, 0.05) is 23.7 Å². The first-order valence-corrected chi connectivity index (χ1v) is 5.96. The van der Waals surface area contributed by atoms with Crippen molar-refractivity contribution in [1.82, 2.24) is 4.68 Å². The van der Waals surface area contributed by atoms with Crippen molar-refractivity contribution in [3.05, 3.63) is 70.9 Å². The Balaban J connectivity index is 1.88. The van der Waals surface area contributed by atoms with Crippen LogP contribution in [0.4, 0.5) is 11.4 Å². The summed E-state index contributed by atoms with van der Waals surface area (Å²) in [5.41, 5.74) is 1.56. The first-order chi connectivity index (χ1) is 9.74. The van der Waals surface area contributed by atoms with Gasteiger partial charge in [0.05, 0.1) is 16.1 Å². The van der Waals surface area contributed by atoms with Gasteiger partial charge in [-0.25, -0.2) is 4.68 Å². The zero-order valence-electron chi connectivity index (χ0n) is 10.4. The number of nitrogens with zero attached hydrogens (tertiary/aromatic N) is 4. The Morgan fingerprint density at radius 3 is 2.50 bits per heavy atom. The van der Waals surface area contributed by atoms with Crippen LogP contribution in [0.1, 0.15) is 0 Å². The molecule has 6 nitrogen and oxygen atoms in total. The predicted molar refractivity (Wildman–Crippen MR) is 74.9 cm³/mol. The van der Waals surface area contributed by atoms with Crippen LogP contribution in [-0.2, 0) is 0 Å². The summed E-state index contributed by atoms with van der Waals surface area (Å²) in [6.45, 7) is 0. The van der Waals surface area contributed by atoms with Crippen LogP contribution in [0.15, 0.2) is 71.1 Å². The van der Waals surface area contributed by atoms with E-state index in [2.05, 4.69) is 10.3 Å². The Morgan fingerprint density at radius 1 is 1.00 bits per heavy atom. The number of hydrogen-bond donors (Lipinski definition) is 0. The second kappa shape index (κ2) is 4.93. The number of aromatic nitrogens is 1. The normalized spacial score (nSPS) is 11.2. The molecule has 3 aromatic rings. The van der Waals surface area contributed by atoms with E-state index >= 15 is 0 Å². The summed E-state index contributed by atoms with van der Waals surface area (Å²) < 4.78 is 1.66. The van der Waals surface area contributed by atoms with E-state index in [9.17, 15) is 10.1 Å². The van der Waals surface area contributed by atoms with Gasteiger partial charge in [0.25, 0.3) is 5.69 Å². The summed E-state index contributed by atoms with van der Waals surface area (Å²) in [4.78, 5) is 10.1. The van der Waals surface area contributed by atoms with Crippen LogP contribution in [0, 0.1) is 10.1 Å². The van der Waals surface area contributed by atoms with E-state index in [-0.39, 0.29) is 5.69 Å². The molecule has 0 unspecified atom stereocenters. The number of para-hydroxylation sites is 1. The van der Waals surface area contributed by atoms with Crippen molar-refractivity contribution in [3.63, 3.8) is 0 Å². The lowest BCUT2D eigenvalue weighted by molar-refractivity contribution is -0.384. The van der Waals surface area contributed by atoms with Crippen molar-refractivity contribution in [2.45, 2.75) is 0 Å². The molecule has 0 spiro atoms. The molecule has 0 fully saturated rings. The highest BCUT2D eigenvalue weighted by atomic mass is 16.6. The molecule has 1 aromatic heterocycles. The third-order valence-electron chi connectivity index (χ3n) is 2.90. The maximum Gasteiger partial charge on any atom is 0.269 e. The number of hydrogen-bond acceptors (Lipinski definition) is 4. The van der Waals surface area contributed by atoms with E-state index in [4.69, 9.17) is 0 Å². The van der Waals surface area contributed by atoms with Gasteiger partial charge in [0.15, 0.2) is 0 Å². The van der Waals surface area contributed by atoms with Crippen LogP contribution in [-0.4, -0.2) is 9.60 Å². The molecule has 0 aliphatic rings. The van der Waals surface area contributed by atoms with Gasteiger partial charge in [-0.05, 0) is 24.3 Å². The molecule has 0 bridgehead atoms. The van der Waals surface area contributed by atoms with Crippen LogP contribution in [0.3, 0.4) is 0 Å². The van der Waals surface area contributed by atoms with Crippen molar-refractivity contribution in [2.24, 2.45) is 10.3 Å². The van der Waals surface area contributed by atoms with Crippen molar-refractivity contribution >= 4 is 22.3 Å². The summed E-state index contributed by atoms with van der Waals surface area (Å²) in [6, 6.07) is 15.7. The molecule has 6 heteroatoms. The molecule has 0 radical (unpaired) electrons. The Bertz CT molecular complexity index is 790. The highest BCUT2D eigenvalue weighted by Crippen LogP contribution is 2.20. The zero-order chi connectivity index (χ0) is 13.9. The van der Waals surface area contributed by atoms with E-state index in [1.165, 1.54) is 12.1 Å². The van der Waals surface area contributed by atoms with Crippen LogP contribution in [0.25, 0.3) is 10.9 Å². The van der Waals surface area contributed by atoms with Crippen LogP contribution >= 0.6 is 0 Å². The fourth-order valence-corrected chi connectivity index (χ4v) is 1.89. The molecule has 0 amide bonds. The second-order valence-electron chi connectivity index (χ2n) is 4.18. The minimum absolute atomic E-state index is 0.0374. The summed E-state index contributed by atoms with van der Waals surface area (Å²) >= 11 is 0. The highest BCUT2D eigenvalue weighted by molar-refractivity contribution is 5.79. The van der Waals surface area contributed by atoms with E-state index in [0.29, 0.717) is 5.69 Å². The molecular weight excluding hydrogens is 256 g/mol. The summed E-state index contributed by atoms with van der Waals surface area (Å²) in [5, 5.41) is 19.8. The number of benzene rings is 2. The summed E-state index contributed by atoms with van der Waals surface area (Å²) in [5.74, 6) is 0. The molecule has 3 rings (SSSR count). The van der Waals surface area contributed by atoms with Gasteiger partial charge in [0.2, 0.25) is 0 Å². The lowest BCUT2D eigenvalue weighted by Gasteiger charge is -1.96. The quantitative estimate of drug-likeness (QED) is 0.406. The number of rotatable bonds is 3. The largest absolute Gasteiger partial charge is 0.269 e. The molecule has 0 atom stereocenters. The van der Waals surface area contributed by atoms with Gasteiger partial charge >= 0.3 is 0 Å². The van der Waals surface area contributed by atoms with Crippen LogP contribution in [0.5, 0.6) is 0 Å². The lowest BCUT2D eigenvalue weighted by atomic mass is 10.3. The molecule has 20 heavy (non-hydrogen) atoms. The van der Waals surface area contributed by atoms with Gasteiger partial charge in [-0.15, -0.1) is 5.11 Å². The Hall–Kier alpha value is -3.02. The highest BCUT2D eigenvalue weighted by Gasteiger charge is 2.03. The maximum atomic E-state index is 10.6. The maximum absolute atomic E-state index is 10.6. The van der Waals surface area contributed by atoms with E-state index in [1.807, 2.05) is 36.5 Å². The first-order valence-electron chi connectivity index (χ1n) is 5.96. The van der Waals surface area contributed by atoms with E-state index < -0.39 is 4.92 Å². The molecular formula is C14H10N4O2. The van der Waals surface area contributed by atoms with Crippen molar-refractivity contribution in [2.75, 3.05) is 0 Å². The smallest absolute Gasteiger partial charge is 0.258 e. The standard InChI is InChI=1S/C14H10N4O2/c19-18(20)13-7-5-12(6-8-13)15-16-17-10-9-11-3-1-2-4-14(11)17/h1-10H. The van der Waals surface area contributed by atoms with Crippen LogP contribution in [0.2, 0.25) is 0 Å². The van der Waals surface area contributed by atoms with E-state index in [1.54, 1.807) is 16.8 Å². The van der Waals surface area contributed by atoms with Gasteiger partial charge in [0.1, 0.15) is 0 Å². The summed E-state index contributed by atoms with van der Waals surface area (Å²) in [7, 11) is 0. The molecule has 2 aromatic carbocycles. The number of non-ortho nitro benzene ring substituents is 1. The molecule has 0 N–H and O–H groups in total. The topological polar surface area (TPSA) is 72.8 Å². The average Bonchev–Trinajstić information content (AvgIpc) is 2.89. The second-order valence-corrected chi connectivity index (χ2v) is 4.18. The Labute approximate surface area is 114 Å². The molecule has 0 aliphatic heterocycles. The number of fused-ring (bicyclic) bond motifs is 1. The Kier molecular flexibility index (Phi) is 2.96. The SMILES string of the molecule is O=[N+]([O-])c1ccc(N=Nn2ccc3ccccc32)cc1. The number of nitro benzene ring substituents is 1. The lowest BCUT2D eigenvalue weighted by Crippen LogP contribution is -1.86. The molecule has 0 aliphatic carbocycles. The van der Waals surface area contributed by atoms with Gasteiger partial charge in [-0.1, -0.05) is 23.4 Å². The van der Waals surface area contributed by atoms with Crippen molar-refractivity contribution in [1.29, 1.82) is 0 Å². The first kappa shape index (κ1) is 12.0. The van der Waals surface area contributed by atoms with Crippen molar-refractivity contribution < 1.29 is 4.92 Å². The zero-order valence-corrected chi connectivity index (χ0v) is 10.4. The molecule has 98 valence electrons. The minimum Gasteiger partial charge on any atom is -0.258 e. The van der Waals surface area contributed by atoms with E-state index in [0.717, 1.165) is 10.9 Å². The van der Waals surface area contributed by atoms with Crippen molar-refractivity contribution in [3.8, 4) is 0 Å². The fourth-order valence-electron chi connectivity index (χ4n) is 1.89.